The van der Waals surface area contributed by atoms with Crippen LogP contribution in [0.4, 0.5) is 0 Å². The first-order chi connectivity index (χ1) is 6.81. The van der Waals surface area contributed by atoms with Crippen LogP contribution in [0.3, 0.4) is 0 Å². The molecular formula is C9H16O5S. The Labute approximate surface area is 89.3 Å². The largest absolute Gasteiger partial charge is 0.481 e. The van der Waals surface area contributed by atoms with Gasteiger partial charge in [0, 0.05) is 7.11 Å². The molecule has 2 unspecified atom stereocenters. The molecule has 0 saturated carbocycles. The molecule has 2 atom stereocenters. The van der Waals surface area contributed by atoms with E-state index in [4.69, 9.17) is 9.84 Å². The molecule has 1 N–H and O–H groups in total. The van der Waals surface area contributed by atoms with Crippen LogP contribution in [0, 0.1) is 5.41 Å². The Kier molecular flexibility index (Phi) is 3.40. The summed E-state index contributed by atoms with van der Waals surface area (Å²) in [7, 11) is -1.70. The smallest absolute Gasteiger partial charge is 0.310 e. The molecule has 0 aliphatic carbocycles. The van der Waals surface area contributed by atoms with Gasteiger partial charge < -0.3 is 9.84 Å². The number of rotatable bonds is 4. The van der Waals surface area contributed by atoms with E-state index in [1.165, 1.54) is 7.11 Å². The summed E-state index contributed by atoms with van der Waals surface area (Å²) < 4.78 is 27.6. The number of hydrogen-bond acceptors (Lipinski definition) is 4. The molecule has 6 heteroatoms. The topological polar surface area (TPSA) is 80.7 Å². The molecule has 0 amide bonds. The number of carboxylic acid groups (broad SMARTS) is 1. The fourth-order valence-corrected chi connectivity index (χ4v) is 4.04. The zero-order valence-electron chi connectivity index (χ0n) is 8.89. The number of carbonyl (C=O) groups is 1. The molecule has 0 aromatic carbocycles. The van der Waals surface area contributed by atoms with E-state index in [2.05, 4.69) is 0 Å². The quantitative estimate of drug-likeness (QED) is 0.759. The zero-order chi connectivity index (χ0) is 11.7. The summed E-state index contributed by atoms with van der Waals surface area (Å²) in [5, 5.41) is 9.12. The third kappa shape index (κ3) is 2.69. The molecule has 88 valence electrons. The number of methoxy groups -OCH3 is 1. The highest BCUT2D eigenvalue weighted by Crippen LogP contribution is 2.37. The van der Waals surface area contributed by atoms with Crippen LogP contribution in [-0.2, 0) is 19.4 Å². The van der Waals surface area contributed by atoms with Gasteiger partial charge in [-0.05, 0) is 19.8 Å². The van der Waals surface area contributed by atoms with Gasteiger partial charge in [-0.25, -0.2) is 8.42 Å². The summed E-state index contributed by atoms with van der Waals surface area (Å²) >= 11 is 0. The SMILES string of the molecule is COC(C)CC1(C(=O)O)CCS(=O)(=O)C1. The van der Waals surface area contributed by atoms with E-state index in [9.17, 15) is 13.2 Å². The Balaban J connectivity index is 2.88. The van der Waals surface area contributed by atoms with Crippen molar-refractivity contribution in [3.8, 4) is 0 Å². The second-order valence-electron chi connectivity index (χ2n) is 4.18. The van der Waals surface area contributed by atoms with Gasteiger partial charge in [0.1, 0.15) is 0 Å². The van der Waals surface area contributed by atoms with Gasteiger partial charge in [-0.15, -0.1) is 0 Å². The van der Waals surface area contributed by atoms with Gasteiger partial charge in [-0.3, -0.25) is 4.79 Å². The molecule has 1 rings (SSSR count). The third-order valence-electron chi connectivity index (χ3n) is 2.92. The van der Waals surface area contributed by atoms with Gasteiger partial charge in [0.05, 0.1) is 23.0 Å². The fraction of sp³-hybridized carbons (Fsp3) is 0.889. The first-order valence-corrected chi connectivity index (χ1v) is 6.60. The van der Waals surface area contributed by atoms with Crippen LogP contribution in [0.25, 0.3) is 0 Å². The Hall–Kier alpha value is -0.620. The van der Waals surface area contributed by atoms with E-state index in [1.807, 2.05) is 0 Å². The zero-order valence-corrected chi connectivity index (χ0v) is 9.71. The Morgan fingerprint density at radius 3 is 2.53 bits per heavy atom. The lowest BCUT2D eigenvalue weighted by Crippen LogP contribution is -2.35. The molecule has 0 aromatic rings. The lowest BCUT2D eigenvalue weighted by atomic mass is 9.82. The Morgan fingerprint density at radius 1 is 1.60 bits per heavy atom. The van der Waals surface area contributed by atoms with Gasteiger partial charge in [0.15, 0.2) is 9.84 Å². The fourth-order valence-electron chi connectivity index (χ4n) is 1.97. The molecule has 0 bridgehead atoms. The van der Waals surface area contributed by atoms with E-state index in [0.29, 0.717) is 0 Å². The van der Waals surface area contributed by atoms with Crippen LogP contribution in [0.2, 0.25) is 0 Å². The van der Waals surface area contributed by atoms with Crippen molar-refractivity contribution in [2.75, 3.05) is 18.6 Å². The average Bonchev–Trinajstić information content (AvgIpc) is 2.43. The van der Waals surface area contributed by atoms with E-state index in [-0.39, 0.29) is 30.5 Å². The maximum absolute atomic E-state index is 11.3. The molecule has 0 aromatic heterocycles. The Bertz CT molecular complexity index is 348. The van der Waals surface area contributed by atoms with Crippen LogP contribution in [0.1, 0.15) is 19.8 Å². The van der Waals surface area contributed by atoms with Crippen LogP contribution < -0.4 is 0 Å². The lowest BCUT2D eigenvalue weighted by molar-refractivity contribution is -0.149. The van der Waals surface area contributed by atoms with Gasteiger partial charge >= 0.3 is 5.97 Å². The summed E-state index contributed by atoms with van der Waals surface area (Å²) in [6, 6.07) is 0. The minimum absolute atomic E-state index is 0.0320. The predicted molar refractivity (Wildman–Crippen MR) is 54.4 cm³/mol. The standard InChI is InChI=1S/C9H16O5S/c1-7(14-2)5-9(8(10)11)3-4-15(12,13)6-9/h7H,3-6H2,1-2H3,(H,10,11). The summed E-state index contributed by atoms with van der Waals surface area (Å²) in [6.45, 7) is 1.75. The van der Waals surface area contributed by atoms with Crippen molar-refractivity contribution in [2.45, 2.75) is 25.9 Å². The third-order valence-corrected chi connectivity index (χ3v) is 4.74. The molecule has 1 saturated heterocycles. The lowest BCUT2D eigenvalue weighted by Gasteiger charge is -2.25. The number of aliphatic carboxylic acids is 1. The van der Waals surface area contributed by atoms with Crippen molar-refractivity contribution in [2.24, 2.45) is 5.41 Å². The number of hydrogen-bond donors (Lipinski definition) is 1. The maximum Gasteiger partial charge on any atom is 0.310 e. The van der Waals surface area contributed by atoms with Gasteiger partial charge in [0.25, 0.3) is 0 Å². The van der Waals surface area contributed by atoms with E-state index < -0.39 is 21.2 Å². The second kappa shape index (κ2) is 4.09. The molecule has 1 heterocycles. The van der Waals surface area contributed by atoms with Gasteiger partial charge in [-0.1, -0.05) is 0 Å². The number of ether oxygens (including phenoxy) is 1. The van der Waals surface area contributed by atoms with E-state index in [0.717, 1.165) is 0 Å². The van der Waals surface area contributed by atoms with Gasteiger partial charge in [0.2, 0.25) is 0 Å². The predicted octanol–water partition coefficient (Wildman–Crippen LogP) is 0.301. The molecule has 1 fully saturated rings. The minimum Gasteiger partial charge on any atom is -0.481 e. The molecule has 1 aliphatic heterocycles. The van der Waals surface area contributed by atoms with Crippen molar-refractivity contribution in [3.05, 3.63) is 0 Å². The van der Waals surface area contributed by atoms with Crippen molar-refractivity contribution in [1.29, 1.82) is 0 Å². The molecular weight excluding hydrogens is 220 g/mol. The molecule has 1 aliphatic rings. The monoisotopic (exact) mass is 236 g/mol. The van der Waals surface area contributed by atoms with Crippen LogP contribution in [0.15, 0.2) is 0 Å². The molecule has 5 nitrogen and oxygen atoms in total. The Morgan fingerprint density at radius 2 is 2.20 bits per heavy atom. The molecule has 0 radical (unpaired) electrons. The first kappa shape index (κ1) is 12.4. The summed E-state index contributed by atoms with van der Waals surface area (Å²) in [4.78, 5) is 11.1. The van der Waals surface area contributed by atoms with Crippen LogP contribution in [0.5, 0.6) is 0 Å². The summed E-state index contributed by atoms with van der Waals surface area (Å²) in [5.41, 5.74) is -1.14. The second-order valence-corrected chi connectivity index (χ2v) is 6.36. The van der Waals surface area contributed by atoms with Crippen LogP contribution in [-0.4, -0.2) is 44.2 Å². The molecule has 0 spiro atoms. The van der Waals surface area contributed by atoms with Crippen molar-refractivity contribution in [1.82, 2.24) is 0 Å². The van der Waals surface area contributed by atoms with Gasteiger partial charge in [-0.2, -0.15) is 0 Å². The van der Waals surface area contributed by atoms with E-state index in [1.54, 1.807) is 6.92 Å². The molecule has 15 heavy (non-hydrogen) atoms. The van der Waals surface area contributed by atoms with Crippen molar-refractivity contribution in [3.63, 3.8) is 0 Å². The maximum atomic E-state index is 11.3. The van der Waals surface area contributed by atoms with E-state index >= 15 is 0 Å². The highest BCUT2D eigenvalue weighted by molar-refractivity contribution is 7.91. The number of sulfone groups is 1. The highest BCUT2D eigenvalue weighted by Gasteiger charge is 2.48. The number of carboxylic acids is 1. The average molecular weight is 236 g/mol. The van der Waals surface area contributed by atoms with Crippen LogP contribution >= 0.6 is 0 Å². The minimum atomic E-state index is -3.19. The normalized spacial score (nSPS) is 31.3. The first-order valence-electron chi connectivity index (χ1n) is 4.78. The summed E-state index contributed by atoms with van der Waals surface area (Å²) in [6.07, 6.45) is 0.200. The van der Waals surface area contributed by atoms with Crippen molar-refractivity contribution < 1.29 is 23.1 Å². The summed E-state index contributed by atoms with van der Waals surface area (Å²) in [5.74, 6) is -1.33. The van der Waals surface area contributed by atoms with Crippen molar-refractivity contribution >= 4 is 15.8 Å². The highest BCUT2D eigenvalue weighted by atomic mass is 32.2.